The van der Waals surface area contributed by atoms with Crippen LogP contribution in [-0.2, 0) is 4.79 Å². The Kier molecular flexibility index (Phi) is 6.07. The second-order valence-corrected chi connectivity index (χ2v) is 5.02. The lowest BCUT2D eigenvalue weighted by atomic mass is 10.2. The predicted octanol–water partition coefficient (Wildman–Crippen LogP) is 2.71. The van der Waals surface area contributed by atoms with Crippen LogP contribution in [0, 0.1) is 0 Å². The van der Waals surface area contributed by atoms with Crippen LogP contribution in [0.4, 0.5) is 0 Å². The van der Waals surface area contributed by atoms with Crippen LogP contribution >= 0.6 is 31.9 Å². The molecule has 0 saturated heterocycles. The minimum atomic E-state index is -0.242. The van der Waals surface area contributed by atoms with E-state index in [1.165, 1.54) is 0 Å². The Hall–Kier alpha value is -1.14. The van der Waals surface area contributed by atoms with Gasteiger partial charge in [-0.2, -0.15) is 0 Å². The SMILES string of the molecule is C=CCNC(=O)COc1c(Br)cc(C=O)cc1Br. The molecule has 0 fully saturated rings. The van der Waals surface area contributed by atoms with Gasteiger partial charge in [-0.15, -0.1) is 6.58 Å². The second-order valence-electron chi connectivity index (χ2n) is 3.31. The standard InChI is InChI=1S/C12H11Br2NO3/c1-2-3-15-11(17)7-18-12-9(13)4-8(6-16)5-10(12)14/h2,4-6H,1,3,7H2,(H,15,17). The molecule has 0 aliphatic carbocycles. The fraction of sp³-hybridized carbons (Fsp3) is 0.167. The number of hydrogen-bond acceptors (Lipinski definition) is 3. The van der Waals surface area contributed by atoms with Crippen LogP contribution in [0.15, 0.2) is 33.7 Å². The van der Waals surface area contributed by atoms with E-state index in [0.29, 0.717) is 26.8 Å². The lowest BCUT2D eigenvalue weighted by molar-refractivity contribution is -0.122. The number of ether oxygens (including phenoxy) is 1. The Morgan fingerprint density at radius 3 is 2.50 bits per heavy atom. The highest BCUT2D eigenvalue weighted by atomic mass is 79.9. The second kappa shape index (κ2) is 7.33. The first kappa shape index (κ1) is 14.9. The molecule has 96 valence electrons. The third kappa shape index (κ3) is 4.27. The molecule has 1 aromatic carbocycles. The zero-order valence-corrected chi connectivity index (χ0v) is 12.6. The monoisotopic (exact) mass is 375 g/mol. The third-order valence-electron chi connectivity index (χ3n) is 1.95. The number of rotatable bonds is 6. The first-order valence-corrected chi connectivity index (χ1v) is 6.61. The van der Waals surface area contributed by atoms with E-state index in [1.807, 2.05) is 0 Å². The summed E-state index contributed by atoms with van der Waals surface area (Å²) in [5, 5.41) is 2.60. The van der Waals surface area contributed by atoms with E-state index in [9.17, 15) is 9.59 Å². The first-order chi connectivity index (χ1) is 8.58. The van der Waals surface area contributed by atoms with Crippen molar-refractivity contribution in [2.45, 2.75) is 0 Å². The summed E-state index contributed by atoms with van der Waals surface area (Å²) in [6.45, 7) is 3.79. The molecule has 1 rings (SSSR count). The molecule has 0 bridgehead atoms. The fourth-order valence-electron chi connectivity index (χ4n) is 1.16. The fourth-order valence-corrected chi connectivity index (χ4v) is 2.61. The van der Waals surface area contributed by atoms with Crippen molar-refractivity contribution in [3.63, 3.8) is 0 Å². The molecule has 18 heavy (non-hydrogen) atoms. The molecule has 1 aromatic rings. The Bertz CT molecular complexity index is 451. The van der Waals surface area contributed by atoms with Crippen molar-refractivity contribution in [3.05, 3.63) is 39.3 Å². The van der Waals surface area contributed by atoms with Crippen molar-refractivity contribution < 1.29 is 14.3 Å². The number of hydrogen-bond donors (Lipinski definition) is 1. The Morgan fingerprint density at radius 1 is 1.39 bits per heavy atom. The summed E-state index contributed by atoms with van der Waals surface area (Å²) in [5.74, 6) is 0.238. The van der Waals surface area contributed by atoms with Crippen LogP contribution in [0.1, 0.15) is 10.4 Å². The molecule has 0 saturated carbocycles. The van der Waals surface area contributed by atoms with Gasteiger partial charge in [-0.25, -0.2) is 0 Å². The third-order valence-corrected chi connectivity index (χ3v) is 3.13. The van der Waals surface area contributed by atoms with E-state index in [0.717, 1.165) is 6.29 Å². The zero-order chi connectivity index (χ0) is 13.5. The van der Waals surface area contributed by atoms with Crippen molar-refractivity contribution in [2.24, 2.45) is 0 Å². The number of benzene rings is 1. The molecule has 0 aliphatic rings. The van der Waals surface area contributed by atoms with E-state index < -0.39 is 0 Å². The van der Waals surface area contributed by atoms with Gasteiger partial charge in [0.05, 0.1) is 8.95 Å². The van der Waals surface area contributed by atoms with Crippen LogP contribution < -0.4 is 10.1 Å². The number of carbonyl (C=O) groups excluding carboxylic acids is 2. The molecule has 0 atom stereocenters. The average Bonchev–Trinajstić information content (AvgIpc) is 2.34. The van der Waals surface area contributed by atoms with E-state index in [1.54, 1.807) is 18.2 Å². The summed E-state index contributed by atoms with van der Waals surface area (Å²) < 4.78 is 6.58. The van der Waals surface area contributed by atoms with Crippen molar-refractivity contribution in [1.82, 2.24) is 5.32 Å². The Morgan fingerprint density at radius 2 is 2.00 bits per heavy atom. The highest BCUT2D eigenvalue weighted by Crippen LogP contribution is 2.34. The Balaban J connectivity index is 2.70. The topological polar surface area (TPSA) is 55.4 Å². The van der Waals surface area contributed by atoms with Crippen LogP contribution in [-0.4, -0.2) is 25.3 Å². The smallest absolute Gasteiger partial charge is 0.258 e. The normalized spacial score (nSPS) is 9.67. The quantitative estimate of drug-likeness (QED) is 0.613. The summed E-state index contributed by atoms with van der Waals surface area (Å²) in [6, 6.07) is 3.24. The largest absolute Gasteiger partial charge is 0.481 e. The van der Waals surface area contributed by atoms with Gasteiger partial charge < -0.3 is 10.1 Å². The number of aldehydes is 1. The van der Waals surface area contributed by atoms with Gasteiger partial charge in [0.15, 0.2) is 6.61 Å². The molecule has 0 aromatic heterocycles. The maximum Gasteiger partial charge on any atom is 0.258 e. The number of nitrogens with one attached hydrogen (secondary N) is 1. The molecular formula is C12H11Br2NO3. The molecule has 0 unspecified atom stereocenters. The summed E-state index contributed by atoms with van der Waals surface area (Å²) in [7, 11) is 0. The van der Waals surface area contributed by atoms with Crippen molar-refractivity contribution in [2.75, 3.05) is 13.2 Å². The van der Waals surface area contributed by atoms with Gasteiger partial charge in [-0.3, -0.25) is 9.59 Å². The lowest BCUT2D eigenvalue weighted by Crippen LogP contribution is -2.28. The first-order valence-electron chi connectivity index (χ1n) is 5.03. The molecule has 1 amide bonds. The zero-order valence-electron chi connectivity index (χ0n) is 9.41. The average molecular weight is 377 g/mol. The van der Waals surface area contributed by atoms with E-state index in [-0.39, 0.29) is 12.5 Å². The highest BCUT2D eigenvalue weighted by molar-refractivity contribution is 9.11. The van der Waals surface area contributed by atoms with Crippen LogP contribution in [0.5, 0.6) is 5.75 Å². The van der Waals surface area contributed by atoms with Gasteiger partial charge in [0, 0.05) is 12.1 Å². The Labute approximate surface area is 122 Å². The van der Waals surface area contributed by atoms with E-state index >= 15 is 0 Å². The van der Waals surface area contributed by atoms with Gasteiger partial charge >= 0.3 is 0 Å². The molecule has 0 spiro atoms. The van der Waals surface area contributed by atoms with E-state index in [2.05, 4.69) is 43.8 Å². The maximum atomic E-state index is 11.4. The number of carbonyl (C=O) groups is 2. The minimum absolute atomic E-state index is 0.106. The molecule has 6 heteroatoms. The highest BCUT2D eigenvalue weighted by Gasteiger charge is 2.10. The number of halogens is 2. The van der Waals surface area contributed by atoms with Gasteiger partial charge in [0.1, 0.15) is 12.0 Å². The summed E-state index contributed by atoms with van der Waals surface area (Å²) >= 11 is 6.56. The van der Waals surface area contributed by atoms with Crippen molar-refractivity contribution in [1.29, 1.82) is 0 Å². The number of amides is 1. The maximum absolute atomic E-state index is 11.4. The molecule has 1 N–H and O–H groups in total. The van der Waals surface area contributed by atoms with Crippen LogP contribution in [0.25, 0.3) is 0 Å². The minimum Gasteiger partial charge on any atom is -0.481 e. The summed E-state index contributed by atoms with van der Waals surface area (Å²) in [4.78, 5) is 22.0. The molecular weight excluding hydrogens is 366 g/mol. The van der Waals surface area contributed by atoms with Crippen LogP contribution in [0.2, 0.25) is 0 Å². The van der Waals surface area contributed by atoms with Crippen LogP contribution in [0.3, 0.4) is 0 Å². The lowest BCUT2D eigenvalue weighted by Gasteiger charge is -2.10. The summed E-state index contributed by atoms with van der Waals surface area (Å²) in [5.41, 5.74) is 0.511. The van der Waals surface area contributed by atoms with Gasteiger partial charge in [0.2, 0.25) is 0 Å². The van der Waals surface area contributed by atoms with Gasteiger partial charge in [0.25, 0.3) is 5.91 Å². The molecule has 0 heterocycles. The van der Waals surface area contributed by atoms with Crippen molar-refractivity contribution >= 4 is 44.1 Å². The molecule has 0 radical (unpaired) electrons. The molecule has 4 nitrogen and oxygen atoms in total. The van der Waals surface area contributed by atoms with Crippen molar-refractivity contribution in [3.8, 4) is 5.75 Å². The predicted molar refractivity (Wildman–Crippen MR) is 75.9 cm³/mol. The molecule has 0 aliphatic heterocycles. The van der Waals surface area contributed by atoms with E-state index in [4.69, 9.17) is 4.74 Å². The van der Waals surface area contributed by atoms with Gasteiger partial charge in [-0.1, -0.05) is 6.08 Å². The summed E-state index contributed by atoms with van der Waals surface area (Å²) in [6.07, 6.45) is 2.32. The van der Waals surface area contributed by atoms with Gasteiger partial charge in [-0.05, 0) is 44.0 Å².